The fourth-order valence-electron chi connectivity index (χ4n) is 2.98. The van der Waals surface area contributed by atoms with Crippen LogP contribution in [0.15, 0.2) is 33.7 Å². The molecule has 1 aliphatic heterocycles. The van der Waals surface area contributed by atoms with Crippen molar-refractivity contribution < 1.29 is 22.4 Å². The predicted molar refractivity (Wildman–Crippen MR) is 94.8 cm³/mol. The van der Waals surface area contributed by atoms with Crippen LogP contribution in [-0.2, 0) is 16.6 Å². The van der Waals surface area contributed by atoms with E-state index in [0.717, 1.165) is 11.5 Å². The number of nitrogens with zero attached hydrogens (tertiary/aromatic N) is 3. The Morgan fingerprint density at radius 1 is 1.12 bits per heavy atom. The van der Waals surface area contributed by atoms with Crippen LogP contribution in [0.2, 0.25) is 0 Å². The predicted octanol–water partition coefficient (Wildman–Crippen LogP) is 1.51. The molecule has 2 heterocycles. The Kier molecular flexibility index (Phi) is 5.49. The Morgan fingerprint density at radius 2 is 1.85 bits per heavy atom. The first-order valence-electron chi connectivity index (χ1n) is 8.31. The smallest absolute Gasteiger partial charge is 0.246 e. The number of rotatable bonds is 6. The van der Waals surface area contributed by atoms with Crippen LogP contribution in [0.5, 0.6) is 11.5 Å². The van der Waals surface area contributed by atoms with Gasteiger partial charge in [-0.25, -0.2) is 8.42 Å². The summed E-state index contributed by atoms with van der Waals surface area (Å²) in [6.45, 7) is 4.58. The molecule has 1 saturated heterocycles. The van der Waals surface area contributed by atoms with Crippen LogP contribution in [0, 0.1) is 6.92 Å². The third-order valence-electron chi connectivity index (χ3n) is 4.38. The van der Waals surface area contributed by atoms with E-state index in [0.29, 0.717) is 38.5 Å². The number of sulfonamides is 1. The lowest BCUT2D eigenvalue weighted by Crippen LogP contribution is -2.48. The van der Waals surface area contributed by atoms with Gasteiger partial charge in [0.25, 0.3) is 0 Å². The molecule has 3 rings (SSSR count). The summed E-state index contributed by atoms with van der Waals surface area (Å²) in [6, 6.07) is 6.62. The first kappa shape index (κ1) is 18.7. The molecule has 142 valence electrons. The number of aryl methyl sites for hydroxylation is 1. The summed E-state index contributed by atoms with van der Waals surface area (Å²) in [7, 11) is -0.654. The van der Waals surface area contributed by atoms with Gasteiger partial charge in [-0.1, -0.05) is 5.16 Å². The molecule has 2 aromatic rings. The lowest BCUT2D eigenvalue weighted by Gasteiger charge is -2.33. The normalized spacial score (nSPS) is 16.6. The zero-order chi connectivity index (χ0) is 18.7. The summed E-state index contributed by atoms with van der Waals surface area (Å²) in [5.41, 5.74) is 0.857. The van der Waals surface area contributed by atoms with Crippen molar-refractivity contribution in [2.75, 3.05) is 40.4 Å². The maximum atomic E-state index is 13.0. The largest absolute Gasteiger partial charge is 0.497 e. The highest BCUT2D eigenvalue weighted by atomic mass is 32.2. The van der Waals surface area contributed by atoms with E-state index in [2.05, 4.69) is 10.1 Å². The molecule has 1 aromatic carbocycles. The van der Waals surface area contributed by atoms with E-state index in [4.69, 9.17) is 14.0 Å². The fraction of sp³-hybridized carbons (Fsp3) is 0.471. The molecular weight excluding hydrogens is 358 g/mol. The second-order valence-electron chi connectivity index (χ2n) is 6.13. The molecule has 26 heavy (non-hydrogen) atoms. The Bertz CT molecular complexity index is 857. The van der Waals surface area contributed by atoms with Crippen molar-refractivity contribution in [1.82, 2.24) is 14.4 Å². The molecule has 0 N–H and O–H groups in total. The van der Waals surface area contributed by atoms with Crippen LogP contribution in [0.1, 0.15) is 11.5 Å². The Labute approximate surface area is 153 Å². The summed E-state index contributed by atoms with van der Waals surface area (Å²) in [5.74, 6) is 1.60. The number of aromatic nitrogens is 1. The minimum Gasteiger partial charge on any atom is -0.497 e. The van der Waals surface area contributed by atoms with Gasteiger partial charge in [-0.05, 0) is 19.1 Å². The molecule has 0 spiro atoms. The quantitative estimate of drug-likeness (QED) is 0.750. The molecule has 0 unspecified atom stereocenters. The molecule has 1 aromatic heterocycles. The first-order chi connectivity index (χ1) is 12.4. The highest BCUT2D eigenvalue weighted by molar-refractivity contribution is 7.89. The van der Waals surface area contributed by atoms with E-state index in [1.165, 1.54) is 24.6 Å². The number of ether oxygens (including phenoxy) is 2. The molecule has 1 aliphatic rings. The molecule has 0 bridgehead atoms. The topological polar surface area (TPSA) is 85.1 Å². The van der Waals surface area contributed by atoms with Crippen LogP contribution in [0.3, 0.4) is 0 Å². The minimum atomic E-state index is -3.63. The molecular formula is C17H23N3O5S. The van der Waals surface area contributed by atoms with Gasteiger partial charge in [0.15, 0.2) is 0 Å². The highest BCUT2D eigenvalue weighted by Crippen LogP contribution is 2.31. The number of methoxy groups -OCH3 is 2. The van der Waals surface area contributed by atoms with Gasteiger partial charge in [0.1, 0.15) is 22.2 Å². The first-order valence-corrected chi connectivity index (χ1v) is 9.75. The van der Waals surface area contributed by atoms with Gasteiger partial charge in [0, 0.05) is 44.9 Å². The molecule has 0 radical (unpaired) electrons. The van der Waals surface area contributed by atoms with Gasteiger partial charge in [-0.2, -0.15) is 4.31 Å². The summed E-state index contributed by atoms with van der Waals surface area (Å²) >= 11 is 0. The average molecular weight is 381 g/mol. The summed E-state index contributed by atoms with van der Waals surface area (Å²) < 4.78 is 42.9. The van der Waals surface area contributed by atoms with Crippen molar-refractivity contribution in [3.63, 3.8) is 0 Å². The van der Waals surface area contributed by atoms with Crippen molar-refractivity contribution in [3.8, 4) is 11.5 Å². The van der Waals surface area contributed by atoms with E-state index in [1.54, 1.807) is 12.1 Å². The Hall–Kier alpha value is -2.10. The Morgan fingerprint density at radius 3 is 2.42 bits per heavy atom. The number of benzene rings is 1. The van der Waals surface area contributed by atoms with Crippen molar-refractivity contribution in [1.29, 1.82) is 0 Å². The maximum Gasteiger partial charge on any atom is 0.246 e. The van der Waals surface area contributed by atoms with Gasteiger partial charge >= 0.3 is 0 Å². The lowest BCUT2D eigenvalue weighted by atomic mass is 10.3. The molecule has 0 atom stereocenters. The maximum absolute atomic E-state index is 13.0. The molecule has 0 aliphatic carbocycles. The average Bonchev–Trinajstić information content (AvgIpc) is 3.06. The van der Waals surface area contributed by atoms with Gasteiger partial charge < -0.3 is 14.0 Å². The molecule has 9 heteroatoms. The standard InChI is InChI=1S/C17H23N3O5S/c1-13-10-14(18-25-13)12-19-6-8-20(9-7-19)26(21,22)17-5-4-15(23-2)11-16(17)24-3/h4-5,10-11H,6-9,12H2,1-3H3. The van der Waals surface area contributed by atoms with Gasteiger partial charge in [0.2, 0.25) is 10.0 Å². The summed E-state index contributed by atoms with van der Waals surface area (Å²) in [4.78, 5) is 2.32. The van der Waals surface area contributed by atoms with Crippen LogP contribution in [0.25, 0.3) is 0 Å². The number of piperazine rings is 1. The van der Waals surface area contributed by atoms with Crippen LogP contribution < -0.4 is 9.47 Å². The van der Waals surface area contributed by atoms with Gasteiger partial charge in [-0.15, -0.1) is 0 Å². The zero-order valence-corrected chi connectivity index (χ0v) is 16.0. The van der Waals surface area contributed by atoms with Gasteiger partial charge in [-0.3, -0.25) is 4.90 Å². The second kappa shape index (κ2) is 7.65. The van der Waals surface area contributed by atoms with Crippen molar-refractivity contribution >= 4 is 10.0 Å². The Balaban J connectivity index is 1.70. The van der Waals surface area contributed by atoms with E-state index in [1.807, 2.05) is 13.0 Å². The highest BCUT2D eigenvalue weighted by Gasteiger charge is 2.31. The molecule has 1 fully saturated rings. The van der Waals surface area contributed by atoms with Crippen LogP contribution in [-0.4, -0.2) is 63.2 Å². The van der Waals surface area contributed by atoms with E-state index in [9.17, 15) is 8.42 Å². The van der Waals surface area contributed by atoms with E-state index < -0.39 is 10.0 Å². The van der Waals surface area contributed by atoms with Gasteiger partial charge in [0.05, 0.1) is 19.9 Å². The molecule has 8 nitrogen and oxygen atoms in total. The number of hydrogen-bond acceptors (Lipinski definition) is 7. The van der Waals surface area contributed by atoms with Crippen molar-refractivity contribution in [2.24, 2.45) is 0 Å². The SMILES string of the molecule is COc1ccc(S(=O)(=O)N2CCN(Cc3cc(C)on3)CC2)c(OC)c1. The monoisotopic (exact) mass is 381 g/mol. The van der Waals surface area contributed by atoms with Crippen molar-refractivity contribution in [2.45, 2.75) is 18.4 Å². The molecule has 0 saturated carbocycles. The third-order valence-corrected chi connectivity index (χ3v) is 6.32. The summed E-state index contributed by atoms with van der Waals surface area (Å²) in [5, 5.41) is 3.99. The van der Waals surface area contributed by atoms with Crippen molar-refractivity contribution in [3.05, 3.63) is 35.7 Å². The van der Waals surface area contributed by atoms with E-state index >= 15 is 0 Å². The fourth-order valence-corrected chi connectivity index (χ4v) is 4.54. The second-order valence-corrected chi connectivity index (χ2v) is 8.03. The van der Waals surface area contributed by atoms with Crippen LogP contribution >= 0.6 is 0 Å². The minimum absolute atomic E-state index is 0.154. The molecule has 0 amide bonds. The summed E-state index contributed by atoms with van der Waals surface area (Å²) in [6.07, 6.45) is 0. The third kappa shape index (κ3) is 3.84. The zero-order valence-electron chi connectivity index (χ0n) is 15.1. The number of hydrogen-bond donors (Lipinski definition) is 0. The van der Waals surface area contributed by atoms with Crippen LogP contribution in [0.4, 0.5) is 0 Å². The lowest BCUT2D eigenvalue weighted by molar-refractivity contribution is 0.177. The van der Waals surface area contributed by atoms with E-state index in [-0.39, 0.29) is 10.6 Å².